The number of phenols is 1. The van der Waals surface area contributed by atoms with Gasteiger partial charge in [0.05, 0.1) is 27.5 Å². The van der Waals surface area contributed by atoms with Crippen molar-refractivity contribution in [3.8, 4) is 22.6 Å². The number of hydrogen-bond donors (Lipinski definition) is 1. The molecule has 5 rings (SSSR count). The van der Waals surface area contributed by atoms with Crippen LogP contribution in [0.25, 0.3) is 27.7 Å². The van der Waals surface area contributed by atoms with Gasteiger partial charge >= 0.3 is 0 Å². The Labute approximate surface area is 264 Å². The zero-order valence-electron chi connectivity index (χ0n) is 25.2. The maximum Gasteiger partial charge on any atom is 0.274 e. The lowest BCUT2D eigenvalue weighted by Crippen LogP contribution is -2.38. The maximum atomic E-state index is 17.2. The molecular formula is C33H32ClF2N3O5S. The summed E-state index contributed by atoms with van der Waals surface area (Å²) < 4.78 is 60.4. The molecule has 45 heavy (non-hydrogen) atoms. The number of aryl methyl sites for hydroxylation is 1. The summed E-state index contributed by atoms with van der Waals surface area (Å²) in [6.45, 7) is 9.38. The summed E-state index contributed by atoms with van der Waals surface area (Å²) in [7, 11) is -4.23. The predicted octanol–water partition coefficient (Wildman–Crippen LogP) is 6.42. The maximum absolute atomic E-state index is 17.2. The van der Waals surface area contributed by atoms with E-state index in [0.29, 0.717) is 11.3 Å². The third kappa shape index (κ3) is 5.52. The zero-order valence-corrected chi connectivity index (χ0v) is 26.8. The minimum atomic E-state index is -4.23. The van der Waals surface area contributed by atoms with E-state index >= 15 is 8.78 Å². The van der Waals surface area contributed by atoms with E-state index in [1.54, 1.807) is 24.1 Å². The molecule has 0 atom stereocenters. The van der Waals surface area contributed by atoms with Crippen molar-refractivity contribution in [2.24, 2.45) is 0 Å². The molecule has 1 aliphatic rings. The highest BCUT2D eigenvalue weighted by Gasteiger charge is 2.35. The van der Waals surface area contributed by atoms with Gasteiger partial charge in [-0.05, 0) is 73.1 Å². The highest BCUT2D eigenvalue weighted by molar-refractivity contribution is 7.90. The normalized spacial score (nSPS) is 14.4. The lowest BCUT2D eigenvalue weighted by atomic mass is 9.86. The Morgan fingerprint density at radius 3 is 2.42 bits per heavy atom. The van der Waals surface area contributed by atoms with Gasteiger partial charge in [-0.1, -0.05) is 38.1 Å². The van der Waals surface area contributed by atoms with Gasteiger partial charge < -0.3 is 10.0 Å². The van der Waals surface area contributed by atoms with Gasteiger partial charge in [0.2, 0.25) is 5.91 Å². The number of amides is 1. The number of aromatic nitrogens is 2. The van der Waals surface area contributed by atoms with Crippen molar-refractivity contribution in [3.63, 3.8) is 0 Å². The van der Waals surface area contributed by atoms with Crippen LogP contribution in [-0.2, 0) is 14.6 Å². The van der Waals surface area contributed by atoms with Gasteiger partial charge in [0.15, 0.2) is 15.7 Å². The van der Waals surface area contributed by atoms with Crippen LogP contribution in [0.4, 0.5) is 8.78 Å². The van der Waals surface area contributed by atoms with Crippen LogP contribution in [0, 0.1) is 18.6 Å². The van der Waals surface area contributed by atoms with Gasteiger partial charge in [-0.25, -0.2) is 17.2 Å². The van der Waals surface area contributed by atoms with Crippen molar-refractivity contribution in [1.29, 1.82) is 0 Å². The molecule has 8 nitrogen and oxygen atoms in total. The number of benzene rings is 2. The molecule has 0 radical (unpaired) electrons. The number of piperidine rings is 1. The summed E-state index contributed by atoms with van der Waals surface area (Å²) >= 11 is 6.67. The van der Waals surface area contributed by atoms with Crippen LogP contribution in [0.5, 0.6) is 5.75 Å². The van der Waals surface area contributed by atoms with E-state index in [1.807, 2.05) is 13.8 Å². The number of halogens is 3. The second kappa shape index (κ2) is 12.0. The molecule has 0 unspecified atom stereocenters. The lowest BCUT2D eigenvalue weighted by molar-refractivity contribution is -0.127. The van der Waals surface area contributed by atoms with Gasteiger partial charge in [0, 0.05) is 36.5 Å². The van der Waals surface area contributed by atoms with E-state index in [-0.39, 0.29) is 64.9 Å². The molecule has 0 aliphatic carbocycles. The number of rotatable bonds is 6. The number of hydrogen-bond acceptors (Lipinski definition) is 6. The predicted molar refractivity (Wildman–Crippen MR) is 170 cm³/mol. The molecular weight excluding hydrogens is 624 g/mol. The van der Waals surface area contributed by atoms with Gasteiger partial charge in [-0.15, -0.1) is 0 Å². The van der Waals surface area contributed by atoms with Crippen LogP contribution < -0.4 is 5.56 Å². The van der Waals surface area contributed by atoms with E-state index in [4.69, 9.17) is 11.6 Å². The van der Waals surface area contributed by atoms with Crippen LogP contribution >= 0.6 is 11.6 Å². The zero-order chi connectivity index (χ0) is 33.0. The van der Waals surface area contributed by atoms with Crippen molar-refractivity contribution in [2.75, 3.05) is 19.3 Å². The van der Waals surface area contributed by atoms with Gasteiger partial charge in [0.1, 0.15) is 16.5 Å². The average molecular weight is 656 g/mol. The Hall–Kier alpha value is -4.09. The molecule has 1 aliphatic heterocycles. The Kier molecular flexibility index (Phi) is 8.63. The molecule has 2 aromatic heterocycles. The second-order valence-corrected chi connectivity index (χ2v) is 13.9. The summed E-state index contributed by atoms with van der Waals surface area (Å²) in [5.74, 6) is -3.76. The molecule has 1 fully saturated rings. The number of aromatic hydroxyl groups is 1. The summed E-state index contributed by atoms with van der Waals surface area (Å²) in [4.78, 5) is 32.4. The van der Waals surface area contributed by atoms with Crippen molar-refractivity contribution < 1.29 is 27.1 Å². The van der Waals surface area contributed by atoms with Crippen LogP contribution in [0.3, 0.4) is 0 Å². The van der Waals surface area contributed by atoms with Crippen LogP contribution in [0.2, 0.25) is 5.02 Å². The first-order valence-electron chi connectivity index (χ1n) is 14.3. The third-order valence-corrected chi connectivity index (χ3v) is 9.71. The van der Waals surface area contributed by atoms with Crippen molar-refractivity contribution in [3.05, 3.63) is 93.0 Å². The van der Waals surface area contributed by atoms with Gasteiger partial charge in [-0.3, -0.25) is 19.1 Å². The number of carbonyl (C=O) groups is 1. The van der Waals surface area contributed by atoms with E-state index in [9.17, 15) is 23.1 Å². The minimum absolute atomic E-state index is 0.0450. The first kappa shape index (κ1) is 32.3. The topological polar surface area (TPSA) is 110 Å². The molecule has 1 saturated heterocycles. The number of nitrogens with zero attached hydrogens (tertiary/aromatic N) is 3. The largest absolute Gasteiger partial charge is 0.507 e. The summed E-state index contributed by atoms with van der Waals surface area (Å²) in [6.07, 6.45) is 4.21. The monoisotopic (exact) mass is 655 g/mol. The summed E-state index contributed by atoms with van der Waals surface area (Å²) in [6, 6.07) is 6.43. The molecule has 2 aromatic carbocycles. The molecule has 12 heteroatoms. The molecule has 0 spiro atoms. The average Bonchev–Trinajstić information content (AvgIpc) is 2.97. The van der Waals surface area contributed by atoms with Crippen LogP contribution in [-0.4, -0.2) is 53.2 Å². The first-order valence-corrected chi connectivity index (χ1v) is 16.6. The highest BCUT2D eigenvalue weighted by Crippen LogP contribution is 2.45. The third-order valence-electron chi connectivity index (χ3n) is 8.27. The standard InChI is InChI=1S/C33H32ClF2N3O5S/c1-6-24(41)38-14-11-19(12-15-38)25-20-16-21(34)26(27-22(35)8-7-9-23(27)40)28(36)31(20)39(33(42)32(25)45(5,43)44)30-18(4)10-13-37-29(30)17(2)3/h6-10,13,16-17,19,40H,1,11-12,14-15H2,2-5H3. The highest BCUT2D eigenvalue weighted by atomic mass is 35.5. The number of pyridine rings is 2. The Morgan fingerprint density at radius 2 is 1.84 bits per heavy atom. The smallest absolute Gasteiger partial charge is 0.274 e. The van der Waals surface area contributed by atoms with Crippen molar-refractivity contribution in [2.45, 2.75) is 50.3 Å². The number of likely N-dealkylation sites (tertiary alicyclic amines) is 1. The quantitative estimate of drug-likeness (QED) is 0.240. The summed E-state index contributed by atoms with van der Waals surface area (Å²) in [5, 5.41) is 10.4. The van der Waals surface area contributed by atoms with Crippen LogP contribution in [0.15, 0.2) is 58.9 Å². The fourth-order valence-electron chi connectivity index (χ4n) is 6.24. The number of carbonyl (C=O) groups excluding carboxylic acids is 1. The SMILES string of the molecule is C=CC(=O)N1CCC(c2c(S(C)(=O)=O)c(=O)n(-c3c(C)ccnc3C(C)C)c3c(F)c(-c4c(O)cccc4F)c(Cl)cc23)CC1. The van der Waals surface area contributed by atoms with Crippen LogP contribution in [0.1, 0.15) is 55.3 Å². The number of fused-ring (bicyclic) bond motifs is 1. The molecule has 3 heterocycles. The molecule has 1 N–H and O–H groups in total. The van der Waals surface area contributed by atoms with E-state index in [1.165, 1.54) is 24.3 Å². The number of phenolic OH excluding ortho intramolecular Hbond substituents is 1. The van der Waals surface area contributed by atoms with E-state index in [0.717, 1.165) is 16.9 Å². The van der Waals surface area contributed by atoms with Crippen molar-refractivity contribution >= 4 is 38.2 Å². The van der Waals surface area contributed by atoms with Crippen molar-refractivity contribution in [1.82, 2.24) is 14.5 Å². The van der Waals surface area contributed by atoms with E-state index in [2.05, 4.69) is 11.6 Å². The fraction of sp³-hybridized carbons (Fsp3) is 0.303. The second-order valence-electron chi connectivity index (χ2n) is 11.6. The van der Waals surface area contributed by atoms with Gasteiger partial charge in [0.25, 0.3) is 5.56 Å². The van der Waals surface area contributed by atoms with E-state index < -0.39 is 54.7 Å². The molecule has 236 valence electrons. The molecule has 0 saturated carbocycles. The fourth-order valence-corrected chi connectivity index (χ4v) is 7.61. The molecule has 0 bridgehead atoms. The molecule has 1 amide bonds. The van der Waals surface area contributed by atoms with Gasteiger partial charge in [-0.2, -0.15) is 0 Å². The Morgan fingerprint density at radius 1 is 1.18 bits per heavy atom. The minimum Gasteiger partial charge on any atom is -0.507 e. The summed E-state index contributed by atoms with van der Waals surface area (Å²) in [5.41, 5.74) is -1.10. The number of sulfone groups is 1. The Balaban J connectivity index is 2.01. The Bertz CT molecular complexity index is 2030. The molecule has 4 aromatic rings. The first-order chi connectivity index (χ1) is 21.2. The lowest BCUT2D eigenvalue weighted by Gasteiger charge is -2.33.